The largest absolute Gasteiger partial charge is 0.466 e. The Hall–Kier alpha value is -3.43. The molecule has 1 fully saturated rings. The summed E-state index contributed by atoms with van der Waals surface area (Å²) in [4.78, 5) is 26.2. The molecule has 0 saturated heterocycles. The summed E-state index contributed by atoms with van der Waals surface area (Å²) in [5.41, 5.74) is 6.16. The zero-order valence-electron chi connectivity index (χ0n) is 21.5. The Morgan fingerprint density at radius 2 is 1.95 bits per heavy atom. The predicted molar refractivity (Wildman–Crippen MR) is 144 cm³/mol. The molecule has 1 aromatic heterocycles. The molecule has 1 atom stereocenters. The molecule has 0 bridgehead atoms. The highest BCUT2D eigenvalue weighted by Gasteiger charge is 2.25. The Morgan fingerprint density at radius 1 is 1.18 bits per heavy atom. The number of fused-ring (bicyclic) bond motifs is 1. The molecule has 39 heavy (non-hydrogen) atoms. The number of alkyl halides is 2. The minimum absolute atomic E-state index is 0.0780. The number of aromatic nitrogens is 2. The number of carbonyl (C=O) groups excluding carboxylic acids is 1. The van der Waals surface area contributed by atoms with Crippen LogP contribution < -0.4 is 10.3 Å². The van der Waals surface area contributed by atoms with Crippen LogP contribution in [0.2, 0.25) is 5.02 Å². The normalized spacial score (nSPS) is 16.1. The number of esters is 1. The van der Waals surface area contributed by atoms with Crippen molar-refractivity contribution in [2.24, 2.45) is 5.92 Å². The van der Waals surface area contributed by atoms with Gasteiger partial charge in [0, 0.05) is 17.7 Å². The van der Waals surface area contributed by atoms with Crippen molar-refractivity contribution in [2.45, 2.75) is 51.6 Å². The van der Waals surface area contributed by atoms with Crippen molar-refractivity contribution < 1.29 is 27.9 Å². The average molecular weight is 558 g/mol. The lowest BCUT2D eigenvalue weighted by molar-refractivity contribution is -0.143. The van der Waals surface area contributed by atoms with Gasteiger partial charge in [0.05, 0.1) is 35.0 Å². The summed E-state index contributed by atoms with van der Waals surface area (Å²) in [5, 5.41) is 0.372. The Balaban J connectivity index is 1.43. The zero-order chi connectivity index (χ0) is 27.4. The van der Waals surface area contributed by atoms with Gasteiger partial charge in [-0.25, -0.2) is 4.98 Å². The summed E-state index contributed by atoms with van der Waals surface area (Å²) >= 11 is 6.60. The molecule has 3 aromatic rings. The van der Waals surface area contributed by atoms with Crippen LogP contribution in [0.4, 0.5) is 8.78 Å². The van der Waals surface area contributed by atoms with Gasteiger partial charge < -0.3 is 19.3 Å². The standard InChI is InChI=1S/C29H30ClF2N3O4/c1-2-37-27(36)14-21(18-9-11-19(12-10-18)39-33-16-17-7-8-17)28-34-24-13-22(23(30)15-25(24)35-28)20-5-3-4-6-26(20)38-29(31)32/h5-6,9-13,15,17,21,29,33H,2-4,7-8,14,16H2,1H3,(H,34,35). The van der Waals surface area contributed by atoms with E-state index in [-0.39, 0.29) is 24.8 Å². The fourth-order valence-electron chi connectivity index (χ4n) is 4.62. The fourth-order valence-corrected chi connectivity index (χ4v) is 4.88. The molecule has 2 aromatic carbocycles. The highest BCUT2D eigenvalue weighted by Crippen LogP contribution is 2.37. The number of carbonyl (C=O) groups is 1. The molecule has 0 radical (unpaired) electrons. The van der Waals surface area contributed by atoms with E-state index in [2.05, 4.69) is 10.5 Å². The van der Waals surface area contributed by atoms with Crippen LogP contribution in [0, 0.1) is 5.92 Å². The van der Waals surface area contributed by atoms with Crippen molar-refractivity contribution in [3.63, 3.8) is 0 Å². The monoisotopic (exact) mass is 557 g/mol. The van der Waals surface area contributed by atoms with E-state index in [0.717, 1.165) is 12.1 Å². The van der Waals surface area contributed by atoms with Crippen LogP contribution in [0.15, 0.2) is 54.3 Å². The number of benzene rings is 2. The van der Waals surface area contributed by atoms with Gasteiger partial charge in [0.1, 0.15) is 17.3 Å². The average Bonchev–Trinajstić information content (AvgIpc) is 3.65. The smallest absolute Gasteiger partial charge is 0.387 e. The SMILES string of the molecule is CCOC(=O)CC(c1ccc(ONCC2CC2)cc1)c1nc2cc(C3=CCCC=C3OC(F)F)c(Cl)cc2[nH]1. The van der Waals surface area contributed by atoms with Crippen LogP contribution >= 0.6 is 11.6 Å². The van der Waals surface area contributed by atoms with Gasteiger partial charge in [-0.05, 0) is 74.4 Å². The Bertz CT molecular complexity index is 1380. The number of H-pyrrole nitrogens is 1. The number of allylic oxidation sites excluding steroid dienone is 3. The van der Waals surface area contributed by atoms with Gasteiger partial charge in [-0.1, -0.05) is 29.8 Å². The number of halogens is 3. The lowest BCUT2D eigenvalue weighted by Gasteiger charge is -2.18. The minimum Gasteiger partial charge on any atom is -0.466 e. The number of ether oxygens (including phenoxy) is 2. The number of hydrogen-bond acceptors (Lipinski definition) is 6. The summed E-state index contributed by atoms with van der Waals surface area (Å²) in [6, 6.07) is 10.9. The van der Waals surface area contributed by atoms with Crippen LogP contribution in [0.25, 0.3) is 16.6 Å². The first-order chi connectivity index (χ1) is 18.9. The molecule has 0 aliphatic heterocycles. The number of aromatic amines is 1. The third kappa shape index (κ3) is 6.78. The maximum Gasteiger partial charge on any atom is 0.387 e. The highest BCUT2D eigenvalue weighted by molar-refractivity contribution is 6.33. The van der Waals surface area contributed by atoms with E-state index in [1.807, 2.05) is 30.3 Å². The Kier molecular flexibility index (Phi) is 8.47. The first-order valence-corrected chi connectivity index (χ1v) is 13.5. The number of nitrogens with one attached hydrogen (secondary N) is 2. The Morgan fingerprint density at radius 3 is 2.67 bits per heavy atom. The highest BCUT2D eigenvalue weighted by atomic mass is 35.5. The van der Waals surface area contributed by atoms with E-state index in [1.54, 1.807) is 25.1 Å². The third-order valence-electron chi connectivity index (χ3n) is 6.75. The molecule has 1 saturated carbocycles. The number of rotatable bonds is 12. The molecule has 1 unspecified atom stereocenters. The number of hydroxylamine groups is 1. The molecule has 7 nitrogen and oxygen atoms in total. The summed E-state index contributed by atoms with van der Waals surface area (Å²) in [6.07, 6.45) is 7.31. The summed E-state index contributed by atoms with van der Waals surface area (Å²) < 4.78 is 36.0. The van der Waals surface area contributed by atoms with Crippen LogP contribution in [0.3, 0.4) is 0 Å². The lowest BCUT2D eigenvalue weighted by Crippen LogP contribution is -2.21. The summed E-state index contributed by atoms with van der Waals surface area (Å²) in [5.74, 6) is 1.25. The second-order valence-corrected chi connectivity index (χ2v) is 10.0. The molecule has 1 heterocycles. The molecular weight excluding hydrogens is 528 g/mol. The third-order valence-corrected chi connectivity index (χ3v) is 7.07. The molecule has 0 spiro atoms. The molecule has 0 amide bonds. The van der Waals surface area contributed by atoms with Gasteiger partial charge >= 0.3 is 12.6 Å². The van der Waals surface area contributed by atoms with Gasteiger partial charge in [0.2, 0.25) is 0 Å². The van der Waals surface area contributed by atoms with Crippen LogP contribution in [0.5, 0.6) is 5.75 Å². The Labute approximate surface area is 230 Å². The van der Waals surface area contributed by atoms with Crippen molar-refractivity contribution in [2.75, 3.05) is 13.2 Å². The van der Waals surface area contributed by atoms with Crippen molar-refractivity contribution in [3.05, 3.63) is 76.3 Å². The predicted octanol–water partition coefficient (Wildman–Crippen LogP) is 6.90. The molecule has 10 heteroatoms. The van der Waals surface area contributed by atoms with E-state index >= 15 is 0 Å². The zero-order valence-corrected chi connectivity index (χ0v) is 22.3. The van der Waals surface area contributed by atoms with Crippen molar-refractivity contribution in [1.82, 2.24) is 15.4 Å². The minimum atomic E-state index is -2.94. The topological polar surface area (TPSA) is 85.5 Å². The van der Waals surface area contributed by atoms with Gasteiger partial charge in [0.15, 0.2) is 0 Å². The second-order valence-electron chi connectivity index (χ2n) is 9.64. The number of hydrogen-bond donors (Lipinski definition) is 2. The number of nitrogens with zero attached hydrogens (tertiary/aromatic N) is 1. The quantitative estimate of drug-likeness (QED) is 0.186. The molecule has 2 N–H and O–H groups in total. The lowest BCUT2D eigenvalue weighted by atomic mass is 9.95. The first kappa shape index (κ1) is 27.1. The van der Waals surface area contributed by atoms with Crippen molar-refractivity contribution in [1.29, 1.82) is 0 Å². The summed E-state index contributed by atoms with van der Waals surface area (Å²) in [7, 11) is 0. The fraction of sp³-hybridized carbons (Fsp3) is 0.379. The van der Waals surface area contributed by atoms with Crippen LogP contribution in [-0.2, 0) is 14.3 Å². The molecule has 2 aliphatic rings. The maximum atomic E-state index is 13.0. The molecule has 2 aliphatic carbocycles. The molecule has 206 valence electrons. The van der Waals surface area contributed by atoms with E-state index in [9.17, 15) is 13.6 Å². The molecule has 5 rings (SSSR count). The van der Waals surface area contributed by atoms with E-state index in [0.29, 0.717) is 57.5 Å². The van der Waals surface area contributed by atoms with Crippen LogP contribution in [-0.4, -0.2) is 35.7 Å². The molecular formula is C29H30ClF2N3O4. The van der Waals surface area contributed by atoms with Crippen molar-refractivity contribution >= 4 is 34.2 Å². The van der Waals surface area contributed by atoms with E-state index in [1.165, 1.54) is 12.8 Å². The maximum absolute atomic E-state index is 13.0. The van der Waals surface area contributed by atoms with Crippen molar-refractivity contribution in [3.8, 4) is 5.75 Å². The van der Waals surface area contributed by atoms with Gasteiger partial charge in [-0.2, -0.15) is 14.3 Å². The van der Waals surface area contributed by atoms with Crippen LogP contribution in [0.1, 0.15) is 61.9 Å². The van der Waals surface area contributed by atoms with Gasteiger partial charge in [0.25, 0.3) is 0 Å². The first-order valence-electron chi connectivity index (χ1n) is 13.1. The second kappa shape index (κ2) is 12.2. The number of imidazole rings is 1. The van der Waals surface area contributed by atoms with E-state index in [4.69, 9.17) is 30.9 Å². The summed E-state index contributed by atoms with van der Waals surface area (Å²) in [6.45, 7) is -0.0834. The van der Waals surface area contributed by atoms with E-state index < -0.39 is 12.5 Å². The van der Waals surface area contributed by atoms with Gasteiger partial charge in [-0.15, -0.1) is 0 Å². The van der Waals surface area contributed by atoms with Gasteiger partial charge in [-0.3, -0.25) is 4.79 Å².